The summed E-state index contributed by atoms with van der Waals surface area (Å²) in [7, 11) is -1.90. The number of hydrogen-bond donors (Lipinski definition) is 2. The van der Waals surface area contributed by atoms with E-state index in [9.17, 15) is 17.8 Å². The molecule has 1 heterocycles. The van der Waals surface area contributed by atoms with Crippen LogP contribution >= 0.6 is 0 Å². The van der Waals surface area contributed by atoms with Crippen LogP contribution in [0.4, 0.5) is 0 Å². The topological polar surface area (TPSA) is 111 Å². The molecular weight excluding hydrogens is 671 g/mol. The van der Waals surface area contributed by atoms with Crippen LogP contribution in [0.3, 0.4) is 0 Å². The number of carbonyl (C=O) groups excluding carboxylic acids is 1. The Morgan fingerprint density at radius 2 is 1.12 bits per heavy atom. The summed E-state index contributed by atoms with van der Waals surface area (Å²) in [4.78, 5) is 11.0. The van der Waals surface area contributed by atoms with Gasteiger partial charge in [-0.2, -0.15) is 0 Å². The molecule has 0 saturated heterocycles. The summed E-state index contributed by atoms with van der Waals surface area (Å²) < 4.78 is 33.5. The molecule has 308 valence electrons. The largest absolute Gasteiger partial charge is 0.726 e. The number of nitrogens with one attached hydrogen (secondary N) is 2. The zero-order valence-corrected chi connectivity index (χ0v) is 35.8. The Hall–Kier alpha value is -1.71. The third kappa shape index (κ3) is 38.0. The van der Waals surface area contributed by atoms with Gasteiger partial charge in [-0.15, -0.1) is 0 Å². The van der Waals surface area contributed by atoms with Crippen LogP contribution in [-0.4, -0.2) is 62.6 Å². The Bertz CT molecular complexity index is 983. The quantitative estimate of drug-likeness (QED) is 0.0232. The second kappa shape index (κ2) is 39.0. The van der Waals surface area contributed by atoms with Crippen molar-refractivity contribution < 1.29 is 26.5 Å². The molecule has 9 heteroatoms. The molecule has 1 amide bonds. The van der Waals surface area contributed by atoms with Gasteiger partial charge in [-0.1, -0.05) is 141 Å². The van der Waals surface area contributed by atoms with Crippen molar-refractivity contribution in [3.05, 3.63) is 24.3 Å². The second-order valence-corrected chi connectivity index (χ2v) is 15.8. The standard InChI is InChI=1S/C23H44N2.C19H37NO.CH4O4S/c1-4-6-7-8-9-10-11-12-13-14-15-16-17-18-19-23(3,5-2)25-21-20-24-22-25;1-3-4-5-6-7-8-9-10-11-12-13-14-15-16-17-18-19(21)20-2;1-5-6(2,3)4/h12-13,22H,4-11,14-21H2,1-3H3;10-11H,3-9,12-18H2,1-2H3,(H,20,21);1H3,(H,2,3,4)/b13-12-;11-10-;. The molecule has 0 radical (unpaired) electrons. The molecule has 0 aromatic rings. The van der Waals surface area contributed by atoms with Crippen LogP contribution < -0.4 is 10.6 Å². The van der Waals surface area contributed by atoms with Crippen LogP contribution in [0.25, 0.3) is 0 Å². The lowest BCUT2D eigenvalue weighted by atomic mass is 9.90. The number of nitrogens with zero attached hydrogens (tertiary/aromatic N) is 1. The second-order valence-electron chi connectivity index (χ2n) is 14.7. The van der Waals surface area contributed by atoms with Gasteiger partial charge in [0, 0.05) is 13.5 Å². The zero-order valence-electron chi connectivity index (χ0n) is 35.0. The van der Waals surface area contributed by atoms with Crippen molar-refractivity contribution in [1.82, 2.24) is 10.6 Å². The first kappa shape index (κ1) is 52.4. The molecule has 2 N–H and O–H groups in total. The van der Waals surface area contributed by atoms with Crippen LogP contribution in [0.5, 0.6) is 0 Å². The van der Waals surface area contributed by atoms with Gasteiger partial charge in [-0.3, -0.25) is 18.9 Å². The van der Waals surface area contributed by atoms with Crippen LogP contribution in [0, 0.1) is 0 Å². The average molecular weight is 756 g/mol. The highest BCUT2D eigenvalue weighted by Gasteiger charge is 2.31. The third-order valence-corrected chi connectivity index (χ3v) is 10.5. The summed E-state index contributed by atoms with van der Waals surface area (Å²) in [5, 5.41) is 6.02. The highest BCUT2D eigenvalue weighted by atomic mass is 32.3. The summed E-state index contributed by atoms with van der Waals surface area (Å²) in [6.45, 7) is 11.6. The highest BCUT2D eigenvalue weighted by Crippen LogP contribution is 2.23. The molecule has 1 aliphatic rings. The van der Waals surface area contributed by atoms with E-state index in [2.05, 4.69) is 77.7 Å². The van der Waals surface area contributed by atoms with E-state index in [0.717, 1.165) is 20.1 Å². The highest BCUT2D eigenvalue weighted by molar-refractivity contribution is 7.80. The van der Waals surface area contributed by atoms with Crippen LogP contribution in [0.1, 0.15) is 207 Å². The molecule has 1 aliphatic heterocycles. The average Bonchev–Trinajstić information content (AvgIpc) is 3.70. The van der Waals surface area contributed by atoms with Crippen molar-refractivity contribution >= 4 is 22.6 Å². The van der Waals surface area contributed by atoms with Crippen molar-refractivity contribution in [2.24, 2.45) is 0 Å². The van der Waals surface area contributed by atoms with E-state index >= 15 is 0 Å². The van der Waals surface area contributed by atoms with E-state index in [1.807, 2.05) is 0 Å². The van der Waals surface area contributed by atoms with Crippen LogP contribution in [-0.2, 0) is 19.4 Å². The predicted molar refractivity (Wildman–Crippen MR) is 223 cm³/mol. The van der Waals surface area contributed by atoms with E-state index < -0.39 is 10.4 Å². The number of carbonyl (C=O) groups is 1. The normalized spacial score (nSPS) is 13.9. The van der Waals surface area contributed by atoms with Crippen LogP contribution in [0.2, 0.25) is 0 Å². The van der Waals surface area contributed by atoms with Crippen molar-refractivity contribution in [3.8, 4) is 0 Å². The van der Waals surface area contributed by atoms with Gasteiger partial charge in [0.15, 0.2) is 0 Å². The first-order valence-electron chi connectivity index (χ1n) is 21.5. The molecule has 1 unspecified atom stereocenters. The van der Waals surface area contributed by atoms with Crippen molar-refractivity contribution in [1.29, 1.82) is 0 Å². The lowest BCUT2D eigenvalue weighted by Crippen LogP contribution is -2.38. The van der Waals surface area contributed by atoms with Gasteiger partial charge in [0.2, 0.25) is 22.6 Å². The maximum Gasteiger partial charge on any atom is 0.232 e. The fourth-order valence-corrected chi connectivity index (χ4v) is 6.25. The van der Waals surface area contributed by atoms with E-state index in [1.165, 1.54) is 173 Å². The van der Waals surface area contributed by atoms with Gasteiger partial charge in [0.1, 0.15) is 18.6 Å². The van der Waals surface area contributed by atoms with Gasteiger partial charge in [-0.05, 0) is 84.0 Å². The number of rotatable bonds is 32. The molecule has 8 nitrogen and oxygen atoms in total. The fraction of sp³-hybridized carbons (Fsp3) is 0.860. The molecule has 0 aromatic heterocycles. The Balaban J connectivity index is 0. The lowest BCUT2D eigenvalue weighted by molar-refractivity contribution is -0.595. The molecule has 0 aliphatic carbocycles. The maximum absolute atomic E-state index is 11.0. The lowest BCUT2D eigenvalue weighted by Gasteiger charge is -2.27. The molecule has 1 rings (SSSR count). The Morgan fingerprint density at radius 3 is 1.46 bits per heavy atom. The Morgan fingerprint density at radius 1 is 0.731 bits per heavy atom. The van der Waals surface area contributed by atoms with E-state index in [-0.39, 0.29) is 5.91 Å². The van der Waals surface area contributed by atoms with Gasteiger partial charge in [0.05, 0.1) is 7.11 Å². The van der Waals surface area contributed by atoms with Crippen molar-refractivity contribution in [2.75, 3.05) is 27.2 Å². The first-order valence-corrected chi connectivity index (χ1v) is 22.8. The summed E-state index contributed by atoms with van der Waals surface area (Å²) >= 11 is 0. The molecule has 1 atom stereocenters. The molecule has 0 bridgehead atoms. The zero-order chi connectivity index (χ0) is 39.0. The summed E-state index contributed by atoms with van der Waals surface area (Å²) in [5.41, 5.74) is 0.362. The fourth-order valence-electron chi connectivity index (χ4n) is 6.25. The predicted octanol–water partition coefficient (Wildman–Crippen LogP) is 11.3. The molecule has 0 saturated carbocycles. The summed E-state index contributed by atoms with van der Waals surface area (Å²) in [6, 6.07) is 0. The van der Waals surface area contributed by atoms with Gasteiger partial charge in [-0.25, -0.2) is 8.42 Å². The molecule has 0 aromatic carbocycles. The smallest absolute Gasteiger partial charge is 0.232 e. The van der Waals surface area contributed by atoms with Crippen molar-refractivity contribution in [2.45, 2.75) is 213 Å². The van der Waals surface area contributed by atoms with Gasteiger partial charge in [0.25, 0.3) is 0 Å². The van der Waals surface area contributed by atoms with E-state index in [0.29, 0.717) is 12.0 Å². The maximum atomic E-state index is 11.0. The van der Waals surface area contributed by atoms with Gasteiger partial charge >= 0.3 is 0 Å². The number of amides is 1. The minimum Gasteiger partial charge on any atom is -0.726 e. The Labute approximate surface area is 323 Å². The molecule has 52 heavy (non-hydrogen) atoms. The van der Waals surface area contributed by atoms with Crippen LogP contribution in [0.15, 0.2) is 24.3 Å². The SMILES string of the molecule is CCCCCCCC/C=C\CCCCCCC(C)(CC)[N+]1=CNCC1.CCCCCCCC/C=C\CCCCCCCC(=O)NC.COS(=O)(=O)[O-]. The van der Waals surface area contributed by atoms with E-state index in [1.54, 1.807) is 7.05 Å². The molecule has 0 spiro atoms. The molecule has 0 fully saturated rings. The summed E-state index contributed by atoms with van der Waals surface area (Å²) in [6.07, 6.45) is 48.5. The monoisotopic (exact) mass is 756 g/mol. The number of hydrogen-bond acceptors (Lipinski definition) is 6. The summed E-state index contributed by atoms with van der Waals surface area (Å²) in [5.74, 6) is 0.174. The van der Waals surface area contributed by atoms with E-state index in [4.69, 9.17) is 0 Å². The van der Waals surface area contributed by atoms with Crippen molar-refractivity contribution in [3.63, 3.8) is 0 Å². The number of unbranched alkanes of at least 4 members (excludes halogenated alkanes) is 21. The first-order chi connectivity index (χ1) is 25.1. The number of allylic oxidation sites excluding steroid dienone is 4. The van der Waals surface area contributed by atoms with Gasteiger partial charge < -0.3 is 9.87 Å². The minimum atomic E-state index is -4.41. The minimum absolute atomic E-state index is 0.174. The Kier molecular flexibility index (Phi) is 39.3. The molecular formula is C43H85N3O5S. The third-order valence-electron chi connectivity index (χ3n) is 10.1.